The molecule has 0 aliphatic carbocycles. The Bertz CT molecular complexity index is 117. The Morgan fingerprint density at radius 1 is 0.786 bits per heavy atom. The molecule has 0 bridgehead atoms. The monoisotopic (exact) mass is 197 g/mol. The Hall–Kier alpha value is -0.0400. The van der Waals surface area contributed by atoms with Crippen molar-refractivity contribution >= 4 is 0 Å². The van der Waals surface area contributed by atoms with E-state index in [9.17, 15) is 0 Å². The number of nitrogens with zero attached hydrogens (tertiary/aromatic N) is 1. The smallest absolute Gasteiger partial charge is 0.00638 e. The van der Waals surface area contributed by atoms with E-state index < -0.39 is 0 Å². The van der Waals surface area contributed by atoms with Crippen molar-refractivity contribution in [2.45, 2.75) is 70.8 Å². The third-order valence-electron chi connectivity index (χ3n) is 3.64. The number of rotatable bonds is 0. The molecule has 1 heterocycles. The molecule has 0 amide bonds. The van der Waals surface area contributed by atoms with Gasteiger partial charge in [0.25, 0.3) is 0 Å². The highest BCUT2D eigenvalue weighted by Crippen LogP contribution is 2.14. The molecule has 1 fully saturated rings. The quantitative estimate of drug-likeness (QED) is 0.570. The molecule has 0 aromatic heterocycles. The maximum atomic E-state index is 2.54. The molecule has 1 unspecified atom stereocenters. The second-order valence-corrected chi connectivity index (χ2v) is 4.95. The molecule has 1 atom stereocenters. The standard InChI is InChI=1S/C13H27N/c1-13-11-9-7-5-3-4-6-8-10-12-14(13)2/h13H,3-12H2,1-2H3. The molecule has 0 radical (unpaired) electrons. The zero-order valence-corrected chi connectivity index (χ0v) is 10.1. The maximum absolute atomic E-state index is 2.54. The van der Waals surface area contributed by atoms with Crippen molar-refractivity contribution in [3.63, 3.8) is 0 Å². The first kappa shape index (κ1) is 12.0. The molecule has 1 nitrogen and oxygen atoms in total. The Morgan fingerprint density at radius 3 is 1.93 bits per heavy atom. The Kier molecular flexibility index (Phi) is 6.25. The van der Waals surface area contributed by atoms with E-state index in [4.69, 9.17) is 0 Å². The van der Waals surface area contributed by atoms with E-state index in [2.05, 4.69) is 18.9 Å². The summed E-state index contributed by atoms with van der Waals surface area (Å²) in [5.41, 5.74) is 0. The second kappa shape index (κ2) is 7.28. The largest absolute Gasteiger partial charge is 0.304 e. The molecule has 0 saturated carbocycles. The van der Waals surface area contributed by atoms with Crippen LogP contribution in [0.3, 0.4) is 0 Å². The van der Waals surface area contributed by atoms with Crippen LogP contribution in [0.2, 0.25) is 0 Å². The maximum Gasteiger partial charge on any atom is 0.00638 e. The third kappa shape index (κ3) is 4.99. The fourth-order valence-corrected chi connectivity index (χ4v) is 2.30. The molecule has 1 rings (SSSR count). The van der Waals surface area contributed by atoms with Gasteiger partial charge in [0.15, 0.2) is 0 Å². The highest BCUT2D eigenvalue weighted by Gasteiger charge is 2.08. The van der Waals surface area contributed by atoms with Crippen molar-refractivity contribution in [3.05, 3.63) is 0 Å². The summed E-state index contributed by atoms with van der Waals surface area (Å²) in [6.45, 7) is 3.69. The van der Waals surface area contributed by atoms with Crippen LogP contribution in [-0.2, 0) is 0 Å². The molecule has 0 aromatic rings. The Morgan fingerprint density at radius 2 is 1.29 bits per heavy atom. The van der Waals surface area contributed by atoms with Crippen molar-refractivity contribution in [3.8, 4) is 0 Å². The summed E-state index contributed by atoms with van der Waals surface area (Å²) in [6, 6.07) is 0.800. The first-order chi connectivity index (χ1) is 6.80. The lowest BCUT2D eigenvalue weighted by Gasteiger charge is -2.25. The van der Waals surface area contributed by atoms with E-state index in [1.807, 2.05) is 0 Å². The summed E-state index contributed by atoms with van der Waals surface area (Å²) in [7, 11) is 2.29. The molecule has 84 valence electrons. The summed E-state index contributed by atoms with van der Waals surface area (Å²) in [5.74, 6) is 0. The minimum atomic E-state index is 0.800. The molecule has 1 saturated heterocycles. The van der Waals surface area contributed by atoms with Gasteiger partial charge in [0.1, 0.15) is 0 Å². The average Bonchev–Trinajstić information content (AvgIpc) is 2.18. The average molecular weight is 197 g/mol. The first-order valence-corrected chi connectivity index (χ1v) is 6.51. The van der Waals surface area contributed by atoms with Gasteiger partial charge in [-0.3, -0.25) is 0 Å². The molecule has 0 spiro atoms. The lowest BCUT2D eigenvalue weighted by atomic mass is 10.0. The van der Waals surface area contributed by atoms with Gasteiger partial charge in [0.05, 0.1) is 0 Å². The highest BCUT2D eigenvalue weighted by atomic mass is 15.1. The van der Waals surface area contributed by atoms with Crippen LogP contribution >= 0.6 is 0 Å². The van der Waals surface area contributed by atoms with Crippen molar-refractivity contribution in [2.24, 2.45) is 0 Å². The lowest BCUT2D eigenvalue weighted by molar-refractivity contribution is 0.234. The zero-order chi connectivity index (χ0) is 10.2. The van der Waals surface area contributed by atoms with Crippen molar-refractivity contribution in [1.29, 1.82) is 0 Å². The molecule has 1 heteroatoms. The number of hydrogen-bond acceptors (Lipinski definition) is 1. The topological polar surface area (TPSA) is 3.24 Å². The van der Waals surface area contributed by atoms with Crippen LogP contribution in [0.4, 0.5) is 0 Å². The van der Waals surface area contributed by atoms with Gasteiger partial charge in [0.2, 0.25) is 0 Å². The van der Waals surface area contributed by atoms with Crippen LogP contribution in [0.5, 0.6) is 0 Å². The van der Waals surface area contributed by atoms with Gasteiger partial charge in [-0.05, 0) is 33.4 Å². The van der Waals surface area contributed by atoms with Gasteiger partial charge in [-0.1, -0.05) is 44.9 Å². The van der Waals surface area contributed by atoms with Gasteiger partial charge in [-0.2, -0.15) is 0 Å². The second-order valence-electron chi connectivity index (χ2n) is 4.95. The summed E-state index contributed by atoms with van der Waals surface area (Å²) in [5, 5.41) is 0. The van der Waals surface area contributed by atoms with Crippen LogP contribution in [0, 0.1) is 0 Å². The van der Waals surface area contributed by atoms with Gasteiger partial charge >= 0.3 is 0 Å². The Labute approximate surface area is 89.9 Å². The fraction of sp³-hybridized carbons (Fsp3) is 1.00. The van der Waals surface area contributed by atoms with Crippen LogP contribution in [0.15, 0.2) is 0 Å². The van der Waals surface area contributed by atoms with Crippen LogP contribution in [0.25, 0.3) is 0 Å². The molecule has 0 aromatic carbocycles. The fourth-order valence-electron chi connectivity index (χ4n) is 2.30. The van der Waals surface area contributed by atoms with E-state index in [1.165, 1.54) is 64.3 Å². The highest BCUT2D eigenvalue weighted by molar-refractivity contribution is 4.64. The summed E-state index contributed by atoms with van der Waals surface area (Å²) in [4.78, 5) is 2.54. The summed E-state index contributed by atoms with van der Waals surface area (Å²) in [6.07, 6.45) is 13.0. The molecule has 1 aliphatic heterocycles. The van der Waals surface area contributed by atoms with Gasteiger partial charge in [0, 0.05) is 6.04 Å². The molecular formula is C13H27N. The first-order valence-electron chi connectivity index (χ1n) is 6.51. The molecule has 1 aliphatic rings. The van der Waals surface area contributed by atoms with Gasteiger partial charge in [-0.15, -0.1) is 0 Å². The summed E-state index contributed by atoms with van der Waals surface area (Å²) < 4.78 is 0. The van der Waals surface area contributed by atoms with E-state index >= 15 is 0 Å². The van der Waals surface area contributed by atoms with E-state index in [0.29, 0.717) is 0 Å². The molecular weight excluding hydrogens is 170 g/mol. The minimum Gasteiger partial charge on any atom is -0.304 e. The predicted molar refractivity (Wildman–Crippen MR) is 63.6 cm³/mol. The van der Waals surface area contributed by atoms with Crippen molar-refractivity contribution < 1.29 is 0 Å². The van der Waals surface area contributed by atoms with Crippen LogP contribution in [-0.4, -0.2) is 24.5 Å². The van der Waals surface area contributed by atoms with E-state index in [-0.39, 0.29) is 0 Å². The van der Waals surface area contributed by atoms with E-state index in [1.54, 1.807) is 0 Å². The third-order valence-corrected chi connectivity index (χ3v) is 3.64. The molecule has 14 heavy (non-hydrogen) atoms. The van der Waals surface area contributed by atoms with Crippen molar-refractivity contribution in [2.75, 3.05) is 13.6 Å². The number of hydrogen-bond donors (Lipinski definition) is 0. The zero-order valence-electron chi connectivity index (χ0n) is 10.1. The molecule has 0 N–H and O–H groups in total. The van der Waals surface area contributed by atoms with E-state index in [0.717, 1.165) is 6.04 Å². The van der Waals surface area contributed by atoms with Gasteiger partial charge < -0.3 is 4.90 Å². The van der Waals surface area contributed by atoms with Crippen LogP contribution < -0.4 is 0 Å². The lowest BCUT2D eigenvalue weighted by Crippen LogP contribution is -2.30. The Balaban J connectivity index is 2.23. The van der Waals surface area contributed by atoms with Crippen LogP contribution in [0.1, 0.15) is 64.7 Å². The normalized spacial score (nSPS) is 29.1. The minimum absolute atomic E-state index is 0.800. The van der Waals surface area contributed by atoms with Gasteiger partial charge in [-0.25, -0.2) is 0 Å². The SMILES string of the molecule is CC1CCCCCCCCCCN1C. The summed E-state index contributed by atoms with van der Waals surface area (Å²) >= 11 is 0. The van der Waals surface area contributed by atoms with Crippen molar-refractivity contribution in [1.82, 2.24) is 4.90 Å². The predicted octanol–water partition coefficient (Wildman–Crippen LogP) is 3.83.